The molecule has 1 aromatic heterocycles. The van der Waals surface area contributed by atoms with Crippen LogP contribution < -0.4 is 5.32 Å². The number of nitrogens with zero attached hydrogens (tertiary/aromatic N) is 1. The van der Waals surface area contributed by atoms with Gasteiger partial charge in [0.2, 0.25) is 0 Å². The lowest BCUT2D eigenvalue weighted by Gasteiger charge is -2.33. The minimum Gasteiger partial charge on any atom is -0.480 e. The lowest BCUT2D eigenvalue weighted by molar-refractivity contribution is -0.144. The molecule has 1 aliphatic rings. The third kappa shape index (κ3) is 2.56. The fraction of sp³-hybridized carbons (Fsp3) is 0.500. The monoisotopic (exact) mass is 226 g/mol. The zero-order valence-corrected chi connectivity index (χ0v) is 9.17. The molecule has 0 bridgehead atoms. The molecular weight excluding hydrogens is 212 g/mol. The summed E-state index contributed by atoms with van der Waals surface area (Å²) in [5.41, 5.74) is 1.20. The Balaban J connectivity index is 2.02. The Bertz CT molecular complexity index is 326. The zero-order valence-electron chi connectivity index (χ0n) is 8.35. The smallest absolute Gasteiger partial charge is 0.322 e. The number of carbonyl (C=O) groups is 1. The van der Waals surface area contributed by atoms with Crippen LogP contribution in [0.25, 0.3) is 0 Å². The van der Waals surface area contributed by atoms with Gasteiger partial charge in [-0.25, -0.2) is 0 Å². The Hall–Kier alpha value is -0.910. The largest absolute Gasteiger partial charge is 0.480 e. The molecule has 0 radical (unpaired) electrons. The first kappa shape index (κ1) is 10.6. The normalized spacial score (nSPS) is 22.8. The van der Waals surface area contributed by atoms with Gasteiger partial charge in [-0.3, -0.25) is 9.69 Å². The van der Waals surface area contributed by atoms with Crippen molar-refractivity contribution in [1.29, 1.82) is 0 Å². The second kappa shape index (κ2) is 4.74. The Morgan fingerprint density at radius 3 is 3.27 bits per heavy atom. The molecule has 1 aliphatic heterocycles. The van der Waals surface area contributed by atoms with Crippen molar-refractivity contribution in [3.8, 4) is 0 Å². The van der Waals surface area contributed by atoms with Gasteiger partial charge in [0.25, 0.3) is 0 Å². The molecule has 4 nitrogen and oxygen atoms in total. The van der Waals surface area contributed by atoms with Gasteiger partial charge in [-0.1, -0.05) is 0 Å². The number of nitrogens with one attached hydrogen (secondary N) is 1. The molecule has 15 heavy (non-hydrogen) atoms. The molecule has 82 valence electrons. The molecular formula is C10H14N2O2S. The van der Waals surface area contributed by atoms with Crippen LogP contribution in [0.15, 0.2) is 16.8 Å². The Morgan fingerprint density at radius 2 is 2.60 bits per heavy atom. The van der Waals surface area contributed by atoms with E-state index in [1.165, 1.54) is 5.56 Å². The van der Waals surface area contributed by atoms with Crippen LogP contribution >= 0.6 is 11.3 Å². The third-order valence-electron chi connectivity index (χ3n) is 2.61. The standard InChI is InChI=1S/C10H14N2O2S/c13-10(14)9-5-11-2-3-12(9)6-8-1-4-15-7-8/h1,4,7,9,11H,2-3,5-6H2,(H,13,14). The van der Waals surface area contributed by atoms with Gasteiger partial charge in [-0.15, -0.1) is 0 Å². The molecule has 1 fully saturated rings. The number of aliphatic carboxylic acids is 1. The summed E-state index contributed by atoms with van der Waals surface area (Å²) in [5, 5.41) is 16.3. The number of thiophene rings is 1. The maximum Gasteiger partial charge on any atom is 0.322 e. The van der Waals surface area contributed by atoms with Crippen molar-refractivity contribution in [2.75, 3.05) is 19.6 Å². The van der Waals surface area contributed by atoms with Crippen molar-refractivity contribution in [1.82, 2.24) is 10.2 Å². The average molecular weight is 226 g/mol. The van der Waals surface area contributed by atoms with Gasteiger partial charge in [-0.2, -0.15) is 11.3 Å². The van der Waals surface area contributed by atoms with Crippen molar-refractivity contribution in [2.24, 2.45) is 0 Å². The van der Waals surface area contributed by atoms with E-state index in [1.807, 2.05) is 16.3 Å². The summed E-state index contributed by atoms with van der Waals surface area (Å²) in [5.74, 6) is -0.738. The topological polar surface area (TPSA) is 52.6 Å². The van der Waals surface area contributed by atoms with Crippen LogP contribution in [0.4, 0.5) is 0 Å². The molecule has 1 saturated heterocycles. The number of hydrogen-bond acceptors (Lipinski definition) is 4. The van der Waals surface area contributed by atoms with Gasteiger partial charge in [0, 0.05) is 26.2 Å². The van der Waals surface area contributed by atoms with Gasteiger partial charge in [0.1, 0.15) is 6.04 Å². The molecule has 1 atom stereocenters. The van der Waals surface area contributed by atoms with Crippen LogP contribution in [0.5, 0.6) is 0 Å². The Kier molecular flexibility index (Phi) is 3.35. The predicted molar refractivity (Wildman–Crippen MR) is 59.0 cm³/mol. The second-order valence-corrected chi connectivity index (χ2v) is 4.44. The van der Waals surface area contributed by atoms with Crippen LogP contribution in [0, 0.1) is 0 Å². The summed E-state index contributed by atoms with van der Waals surface area (Å²) < 4.78 is 0. The molecule has 0 aromatic carbocycles. The third-order valence-corrected chi connectivity index (χ3v) is 3.34. The van der Waals surface area contributed by atoms with Crippen LogP contribution in [0.3, 0.4) is 0 Å². The molecule has 1 aromatic rings. The Labute approximate surface area is 92.5 Å². The lowest BCUT2D eigenvalue weighted by atomic mass is 10.1. The van der Waals surface area contributed by atoms with E-state index < -0.39 is 12.0 Å². The van der Waals surface area contributed by atoms with E-state index >= 15 is 0 Å². The molecule has 0 spiro atoms. The molecule has 0 amide bonds. The summed E-state index contributed by atoms with van der Waals surface area (Å²) in [6.45, 7) is 2.95. The average Bonchev–Trinajstić information content (AvgIpc) is 2.71. The maximum atomic E-state index is 11.0. The van der Waals surface area contributed by atoms with Crippen LogP contribution in [0.1, 0.15) is 5.56 Å². The summed E-state index contributed by atoms with van der Waals surface area (Å²) in [7, 11) is 0. The van der Waals surface area contributed by atoms with Gasteiger partial charge in [0.05, 0.1) is 0 Å². The highest BCUT2D eigenvalue weighted by molar-refractivity contribution is 7.07. The highest BCUT2D eigenvalue weighted by Gasteiger charge is 2.27. The molecule has 2 N–H and O–H groups in total. The number of piperazine rings is 1. The second-order valence-electron chi connectivity index (χ2n) is 3.66. The molecule has 0 aliphatic carbocycles. The highest BCUT2D eigenvalue weighted by atomic mass is 32.1. The SMILES string of the molecule is O=C(O)C1CNCCN1Cc1ccsc1. The van der Waals surface area contributed by atoms with E-state index in [4.69, 9.17) is 5.11 Å². The quantitative estimate of drug-likeness (QED) is 0.793. The number of rotatable bonds is 3. The summed E-state index contributed by atoms with van der Waals surface area (Å²) in [6.07, 6.45) is 0. The fourth-order valence-corrected chi connectivity index (χ4v) is 2.46. The van der Waals surface area contributed by atoms with E-state index in [0.717, 1.165) is 19.6 Å². The zero-order chi connectivity index (χ0) is 10.7. The first-order chi connectivity index (χ1) is 7.27. The van der Waals surface area contributed by atoms with Gasteiger partial charge < -0.3 is 10.4 Å². The molecule has 5 heteroatoms. The number of carboxylic acids is 1. The van der Waals surface area contributed by atoms with Crippen LogP contribution in [0.2, 0.25) is 0 Å². The van der Waals surface area contributed by atoms with Crippen LogP contribution in [-0.2, 0) is 11.3 Å². The first-order valence-corrected chi connectivity index (χ1v) is 5.90. The lowest BCUT2D eigenvalue weighted by Crippen LogP contribution is -2.54. The summed E-state index contributed by atoms with van der Waals surface area (Å²) in [6, 6.07) is 1.66. The van der Waals surface area contributed by atoms with Crippen molar-refractivity contribution < 1.29 is 9.90 Å². The van der Waals surface area contributed by atoms with Crippen LogP contribution in [-0.4, -0.2) is 41.7 Å². The van der Waals surface area contributed by atoms with Gasteiger partial charge in [-0.05, 0) is 22.4 Å². The van der Waals surface area contributed by atoms with Gasteiger partial charge >= 0.3 is 5.97 Å². The van der Waals surface area contributed by atoms with Crippen molar-refractivity contribution in [3.63, 3.8) is 0 Å². The molecule has 2 heterocycles. The minimum absolute atomic E-state index is 0.390. The number of hydrogen-bond donors (Lipinski definition) is 2. The summed E-state index contributed by atoms with van der Waals surface area (Å²) >= 11 is 1.65. The molecule has 1 unspecified atom stereocenters. The van der Waals surface area contributed by atoms with E-state index in [9.17, 15) is 4.79 Å². The highest BCUT2D eigenvalue weighted by Crippen LogP contribution is 2.13. The van der Waals surface area contributed by atoms with Gasteiger partial charge in [0.15, 0.2) is 0 Å². The fourth-order valence-electron chi connectivity index (χ4n) is 1.80. The minimum atomic E-state index is -0.738. The van der Waals surface area contributed by atoms with E-state index in [2.05, 4.69) is 10.7 Å². The molecule has 0 saturated carbocycles. The first-order valence-electron chi connectivity index (χ1n) is 4.96. The Morgan fingerprint density at radius 1 is 1.73 bits per heavy atom. The maximum absolute atomic E-state index is 11.0. The van der Waals surface area contributed by atoms with E-state index in [-0.39, 0.29) is 0 Å². The predicted octanol–water partition coefficient (Wildman–Crippen LogP) is 0.607. The van der Waals surface area contributed by atoms with Crippen molar-refractivity contribution >= 4 is 17.3 Å². The van der Waals surface area contributed by atoms with Crippen molar-refractivity contribution in [3.05, 3.63) is 22.4 Å². The van der Waals surface area contributed by atoms with E-state index in [1.54, 1.807) is 11.3 Å². The number of carboxylic acid groups (broad SMARTS) is 1. The van der Waals surface area contributed by atoms with E-state index in [0.29, 0.717) is 6.54 Å². The summed E-state index contributed by atoms with van der Waals surface area (Å²) in [4.78, 5) is 13.0. The molecule has 2 rings (SSSR count). The van der Waals surface area contributed by atoms with Crippen molar-refractivity contribution in [2.45, 2.75) is 12.6 Å².